The van der Waals surface area contributed by atoms with E-state index in [9.17, 15) is 0 Å². The normalized spacial score (nSPS) is 11.6. The second-order valence-electron chi connectivity index (χ2n) is 12.8. The third-order valence-electron chi connectivity index (χ3n) is 9.85. The molecular formula is C47H29N3. The fourth-order valence-electron chi connectivity index (χ4n) is 7.29. The van der Waals surface area contributed by atoms with Crippen molar-refractivity contribution < 1.29 is 0 Å². The van der Waals surface area contributed by atoms with Crippen LogP contribution in [0.2, 0.25) is 0 Å². The SMILES string of the molecule is c1ccc(-c2ccc3ccc4ccc(-c5ccc(-c6ccc(-c7nc8ccccc8c8c7ccc7ccccc78)cc6)cc5)nc4c3n2)cc1. The van der Waals surface area contributed by atoms with E-state index < -0.39 is 0 Å². The maximum atomic E-state index is 5.18. The van der Waals surface area contributed by atoms with E-state index in [1.807, 2.05) is 18.2 Å². The van der Waals surface area contributed by atoms with Crippen LogP contribution in [0.25, 0.3) is 99.2 Å². The third-order valence-corrected chi connectivity index (χ3v) is 9.85. The van der Waals surface area contributed by atoms with E-state index in [1.165, 1.54) is 26.9 Å². The molecule has 0 saturated carbocycles. The summed E-state index contributed by atoms with van der Waals surface area (Å²) in [6, 6.07) is 62.0. The van der Waals surface area contributed by atoms with Crippen molar-refractivity contribution in [2.45, 2.75) is 0 Å². The van der Waals surface area contributed by atoms with Crippen LogP contribution in [0.15, 0.2) is 176 Å². The van der Waals surface area contributed by atoms with Gasteiger partial charge in [0.2, 0.25) is 0 Å². The second kappa shape index (κ2) is 11.5. The molecule has 0 aliphatic rings. The summed E-state index contributed by atoms with van der Waals surface area (Å²) in [4.78, 5) is 15.4. The van der Waals surface area contributed by atoms with Crippen LogP contribution in [-0.4, -0.2) is 15.0 Å². The monoisotopic (exact) mass is 635 g/mol. The average molecular weight is 636 g/mol. The molecule has 0 N–H and O–H groups in total. The lowest BCUT2D eigenvalue weighted by Crippen LogP contribution is -1.91. The molecule has 0 saturated heterocycles. The summed E-state index contributed by atoms with van der Waals surface area (Å²) < 4.78 is 0. The van der Waals surface area contributed by atoms with Crippen molar-refractivity contribution >= 4 is 54.3 Å². The number of fused-ring (bicyclic) bond motifs is 8. The van der Waals surface area contributed by atoms with Crippen LogP contribution in [0.4, 0.5) is 0 Å². The molecule has 0 spiro atoms. The minimum absolute atomic E-state index is 0.917. The number of para-hydroxylation sites is 1. The van der Waals surface area contributed by atoms with Crippen molar-refractivity contribution in [2.75, 3.05) is 0 Å². The first-order valence-corrected chi connectivity index (χ1v) is 16.9. The van der Waals surface area contributed by atoms with Gasteiger partial charge in [0.05, 0.1) is 33.6 Å². The highest BCUT2D eigenvalue weighted by Gasteiger charge is 2.14. The smallest absolute Gasteiger partial charge is 0.0972 e. The predicted octanol–water partition coefficient (Wildman–Crippen LogP) is 12.3. The van der Waals surface area contributed by atoms with Crippen molar-refractivity contribution in [3.8, 4) is 44.9 Å². The molecule has 10 aromatic rings. The Balaban J connectivity index is 1.000. The number of nitrogens with zero attached hydrogens (tertiary/aromatic N) is 3. The van der Waals surface area contributed by atoms with Gasteiger partial charge in [-0.1, -0.05) is 158 Å². The predicted molar refractivity (Wildman–Crippen MR) is 209 cm³/mol. The summed E-state index contributed by atoms with van der Waals surface area (Å²) in [6.45, 7) is 0. The zero-order valence-corrected chi connectivity index (χ0v) is 27.1. The highest BCUT2D eigenvalue weighted by Crippen LogP contribution is 2.38. The van der Waals surface area contributed by atoms with E-state index in [1.54, 1.807) is 0 Å². The summed E-state index contributed by atoms with van der Waals surface area (Å²) in [5.41, 5.74) is 11.3. The van der Waals surface area contributed by atoms with Crippen molar-refractivity contribution in [1.29, 1.82) is 0 Å². The zero-order valence-electron chi connectivity index (χ0n) is 27.1. The molecule has 0 aliphatic carbocycles. The Labute approximate surface area is 289 Å². The van der Waals surface area contributed by atoms with E-state index in [4.69, 9.17) is 15.0 Å². The molecule has 50 heavy (non-hydrogen) atoms. The fraction of sp³-hybridized carbons (Fsp3) is 0. The second-order valence-corrected chi connectivity index (χ2v) is 12.8. The molecule has 3 heteroatoms. The highest BCUT2D eigenvalue weighted by molar-refractivity contribution is 6.22. The quantitative estimate of drug-likeness (QED) is 0.181. The van der Waals surface area contributed by atoms with Crippen LogP contribution in [0.5, 0.6) is 0 Å². The van der Waals surface area contributed by atoms with Crippen LogP contribution >= 0.6 is 0 Å². The molecule has 0 amide bonds. The van der Waals surface area contributed by atoms with Crippen LogP contribution in [-0.2, 0) is 0 Å². The molecule has 0 atom stereocenters. The largest absolute Gasteiger partial charge is 0.247 e. The number of hydrogen-bond donors (Lipinski definition) is 0. The van der Waals surface area contributed by atoms with Crippen LogP contribution in [0.3, 0.4) is 0 Å². The van der Waals surface area contributed by atoms with Gasteiger partial charge >= 0.3 is 0 Å². The van der Waals surface area contributed by atoms with E-state index in [0.29, 0.717) is 0 Å². The number of pyridine rings is 3. The topological polar surface area (TPSA) is 38.7 Å². The Kier molecular flexibility index (Phi) is 6.49. The fourth-order valence-corrected chi connectivity index (χ4v) is 7.29. The van der Waals surface area contributed by atoms with Gasteiger partial charge in [-0.05, 0) is 40.1 Å². The summed E-state index contributed by atoms with van der Waals surface area (Å²) in [5.74, 6) is 0. The molecule has 3 heterocycles. The van der Waals surface area contributed by atoms with E-state index in [-0.39, 0.29) is 0 Å². The van der Waals surface area contributed by atoms with Gasteiger partial charge < -0.3 is 0 Å². The van der Waals surface area contributed by atoms with Gasteiger partial charge in [-0.3, -0.25) is 0 Å². The number of rotatable bonds is 4. The van der Waals surface area contributed by atoms with Crippen molar-refractivity contribution in [3.05, 3.63) is 176 Å². The Morgan fingerprint density at radius 2 is 0.780 bits per heavy atom. The zero-order chi connectivity index (χ0) is 33.0. The van der Waals surface area contributed by atoms with Crippen LogP contribution in [0, 0.1) is 0 Å². The molecule has 0 fully saturated rings. The minimum atomic E-state index is 0.917. The van der Waals surface area contributed by atoms with Crippen LogP contribution in [0.1, 0.15) is 0 Å². The van der Waals surface area contributed by atoms with Gasteiger partial charge in [-0.15, -0.1) is 0 Å². The van der Waals surface area contributed by atoms with Crippen LogP contribution < -0.4 is 0 Å². The Bertz CT molecular complexity index is 2880. The van der Waals surface area contributed by atoms with Crippen molar-refractivity contribution in [2.24, 2.45) is 0 Å². The van der Waals surface area contributed by atoms with E-state index >= 15 is 0 Å². The number of aromatic nitrogens is 3. The average Bonchev–Trinajstić information content (AvgIpc) is 3.20. The molecule has 0 radical (unpaired) electrons. The molecule has 3 aromatic heterocycles. The first-order chi connectivity index (χ1) is 24.8. The van der Waals surface area contributed by atoms with Crippen molar-refractivity contribution in [1.82, 2.24) is 15.0 Å². The highest BCUT2D eigenvalue weighted by atomic mass is 14.8. The van der Waals surface area contributed by atoms with Gasteiger partial charge in [-0.2, -0.15) is 0 Å². The Hall–Kier alpha value is -6.71. The molecule has 0 bridgehead atoms. The third kappa shape index (κ3) is 4.71. The van der Waals surface area contributed by atoms with Gasteiger partial charge in [-0.25, -0.2) is 15.0 Å². The first kappa shape index (κ1) is 28.3. The number of benzene rings is 7. The maximum Gasteiger partial charge on any atom is 0.0972 e. The van der Waals surface area contributed by atoms with Crippen molar-refractivity contribution in [3.63, 3.8) is 0 Å². The number of hydrogen-bond acceptors (Lipinski definition) is 3. The molecule has 3 nitrogen and oxygen atoms in total. The van der Waals surface area contributed by atoms with E-state index in [0.717, 1.165) is 72.2 Å². The lowest BCUT2D eigenvalue weighted by Gasteiger charge is -2.13. The Morgan fingerprint density at radius 3 is 1.46 bits per heavy atom. The van der Waals surface area contributed by atoms with E-state index in [2.05, 4.69) is 158 Å². The lowest BCUT2D eigenvalue weighted by molar-refractivity contribution is 1.36. The molecule has 0 unspecified atom stereocenters. The minimum Gasteiger partial charge on any atom is -0.247 e. The van der Waals surface area contributed by atoms with Gasteiger partial charge in [0.25, 0.3) is 0 Å². The summed E-state index contributed by atoms with van der Waals surface area (Å²) in [6.07, 6.45) is 0. The molecule has 7 aromatic carbocycles. The molecule has 10 rings (SSSR count). The van der Waals surface area contributed by atoms with Gasteiger partial charge in [0.15, 0.2) is 0 Å². The summed E-state index contributed by atoms with van der Waals surface area (Å²) in [7, 11) is 0. The summed E-state index contributed by atoms with van der Waals surface area (Å²) in [5, 5.41) is 8.26. The molecular weight excluding hydrogens is 607 g/mol. The molecule has 232 valence electrons. The Morgan fingerprint density at radius 1 is 0.280 bits per heavy atom. The molecule has 0 aliphatic heterocycles. The maximum absolute atomic E-state index is 5.18. The van der Waals surface area contributed by atoms with Gasteiger partial charge in [0, 0.05) is 43.6 Å². The standard InChI is InChI=1S/C47H29N3/c1-2-9-33(10-3-1)41-28-25-36-22-23-37-26-29-42(49-47(37)46(36)48-41)34-18-14-30(15-19-34)31-16-20-35(21-17-31)45-40-27-24-32-8-4-5-11-38(32)44(40)39-12-6-7-13-43(39)50-45/h1-29H. The lowest BCUT2D eigenvalue weighted by atomic mass is 9.94. The summed E-state index contributed by atoms with van der Waals surface area (Å²) >= 11 is 0. The van der Waals surface area contributed by atoms with Gasteiger partial charge in [0.1, 0.15) is 0 Å². The first-order valence-electron chi connectivity index (χ1n) is 16.9.